The van der Waals surface area contributed by atoms with Crippen molar-refractivity contribution in [2.75, 3.05) is 0 Å². The van der Waals surface area contributed by atoms with Gasteiger partial charge in [0.15, 0.2) is 0 Å². The van der Waals surface area contributed by atoms with Crippen LogP contribution < -0.4 is 20.9 Å². The van der Waals surface area contributed by atoms with Crippen molar-refractivity contribution >= 4 is 5.91 Å². The first-order chi connectivity index (χ1) is 12.1. The number of carbonyl (C=O) groups excluding carboxylic acids is 1. The second-order valence-corrected chi connectivity index (χ2v) is 7.65. The van der Waals surface area contributed by atoms with Crippen LogP contribution in [0.15, 0.2) is 18.3 Å². The lowest BCUT2D eigenvalue weighted by Gasteiger charge is -2.13. The summed E-state index contributed by atoms with van der Waals surface area (Å²) in [6.45, 7) is 4.88. The molecule has 1 amide bonds. The van der Waals surface area contributed by atoms with E-state index in [1.165, 1.54) is 12.8 Å². The van der Waals surface area contributed by atoms with Gasteiger partial charge < -0.3 is 10.1 Å². The Morgan fingerprint density at radius 1 is 1.32 bits per heavy atom. The Balaban J connectivity index is 1.41. The quantitative estimate of drug-likeness (QED) is 0.706. The highest BCUT2D eigenvalue weighted by molar-refractivity contribution is 5.82. The lowest BCUT2D eigenvalue weighted by Crippen LogP contribution is -2.43. The van der Waals surface area contributed by atoms with E-state index in [1.54, 1.807) is 6.20 Å². The van der Waals surface area contributed by atoms with Crippen LogP contribution in [0.5, 0.6) is 5.88 Å². The summed E-state index contributed by atoms with van der Waals surface area (Å²) in [5.41, 5.74) is 7.30. The Kier molecular flexibility index (Phi) is 6.26. The summed E-state index contributed by atoms with van der Waals surface area (Å²) in [5, 5.41) is 2.99. The maximum Gasteiger partial charge on any atom is 0.238 e. The molecule has 1 saturated heterocycles. The molecule has 138 valence electrons. The minimum Gasteiger partial charge on any atom is -0.474 e. The van der Waals surface area contributed by atoms with Gasteiger partial charge in [0.1, 0.15) is 12.1 Å². The summed E-state index contributed by atoms with van der Waals surface area (Å²) in [5.74, 6) is 1.34. The number of hydrogen-bond acceptors (Lipinski definition) is 5. The Hall–Kier alpha value is -1.66. The molecular formula is C19H30N4O2. The highest BCUT2D eigenvalue weighted by Gasteiger charge is 2.29. The van der Waals surface area contributed by atoms with Crippen LogP contribution in [0.25, 0.3) is 0 Å². The lowest BCUT2D eigenvalue weighted by atomic mass is 10.00. The van der Waals surface area contributed by atoms with Gasteiger partial charge in [-0.05, 0) is 50.0 Å². The molecule has 1 aromatic rings. The van der Waals surface area contributed by atoms with Crippen LogP contribution in [-0.2, 0) is 11.3 Å². The third-order valence-corrected chi connectivity index (χ3v) is 4.91. The number of nitrogens with zero attached hydrogens (tertiary/aromatic N) is 1. The number of amides is 1. The standard InChI is InChI=1S/C19H30N4O2/c1-13(2)9-15-10-17(23-22-15)19(24)21-12-14-7-8-18(20-11-14)25-16-5-3-4-6-16/h7-8,11,13,15-17,22-23H,3-6,9-10,12H2,1-2H3,(H,21,24). The normalized spacial score (nSPS) is 24.0. The Morgan fingerprint density at radius 2 is 2.12 bits per heavy atom. The average Bonchev–Trinajstić information content (AvgIpc) is 3.25. The first-order valence-electron chi connectivity index (χ1n) is 9.50. The van der Waals surface area contributed by atoms with Gasteiger partial charge in [-0.25, -0.2) is 10.4 Å². The molecular weight excluding hydrogens is 316 g/mol. The minimum absolute atomic E-state index is 0.0324. The van der Waals surface area contributed by atoms with E-state index in [9.17, 15) is 4.79 Å². The largest absolute Gasteiger partial charge is 0.474 e. The number of rotatable bonds is 7. The Labute approximate surface area is 150 Å². The minimum atomic E-state index is -0.165. The average molecular weight is 346 g/mol. The molecule has 0 aromatic carbocycles. The van der Waals surface area contributed by atoms with Gasteiger partial charge in [-0.15, -0.1) is 0 Å². The van der Waals surface area contributed by atoms with Gasteiger partial charge in [0.05, 0.1) is 0 Å². The molecule has 25 heavy (non-hydrogen) atoms. The molecule has 2 atom stereocenters. The summed E-state index contributed by atoms with van der Waals surface area (Å²) in [6, 6.07) is 4.07. The van der Waals surface area contributed by atoms with Crippen LogP contribution in [0.3, 0.4) is 0 Å². The second-order valence-electron chi connectivity index (χ2n) is 7.65. The fraction of sp³-hybridized carbons (Fsp3) is 0.684. The van der Waals surface area contributed by atoms with E-state index in [0.29, 0.717) is 30.5 Å². The number of hydrogen-bond donors (Lipinski definition) is 3. The predicted octanol–water partition coefficient (Wildman–Crippen LogP) is 2.30. The zero-order valence-electron chi connectivity index (χ0n) is 15.3. The SMILES string of the molecule is CC(C)CC1CC(C(=O)NCc2ccc(OC3CCCC3)nc2)NN1. The van der Waals surface area contributed by atoms with E-state index in [4.69, 9.17) is 4.74 Å². The van der Waals surface area contributed by atoms with E-state index in [-0.39, 0.29) is 11.9 Å². The monoisotopic (exact) mass is 346 g/mol. The maximum absolute atomic E-state index is 12.3. The van der Waals surface area contributed by atoms with E-state index in [2.05, 4.69) is 35.0 Å². The molecule has 1 saturated carbocycles. The van der Waals surface area contributed by atoms with Crippen molar-refractivity contribution in [2.24, 2.45) is 5.92 Å². The van der Waals surface area contributed by atoms with Gasteiger partial charge in [-0.3, -0.25) is 10.2 Å². The molecule has 1 aliphatic carbocycles. The number of pyridine rings is 1. The summed E-state index contributed by atoms with van der Waals surface area (Å²) < 4.78 is 5.86. The maximum atomic E-state index is 12.3. The highest BCUT2D eigenvalue weighted by atomic mass is 16.5. The number of carbonyl (C=O) groups is 1. The third kappa shape index (κ3) is 5.41. The van der Waals surface area contributed by atoms with Crippen molar-refractivity contribution in [3.05, 3.63) is 23.9 Å². The van der Waals surface area contributed by atoms with Crippen LogP contribution in [-0.4, -0.2) is 29.1 Å². The van der Waals surface area contributed by atoms with Gasteiger partial charge in [-0.2, -0.15) is 0 Å². The molecule has 1 aromatic heterocycles. The molecule has 1 aliphatic heterocycles. The smallest absolute Gasteiger partial charge is 0.238 e. The summed E-state index contributed by atoms with van der Waals surface area (Å²) in [6.07, 6.45) is 8.75. The van der Waals surface area contributed by atoms with Gasteiger partial charge in [-0.1, -0.05) is 19.9 Å². The van der Waals surface area contributed by atoms with Crippen molar-refractivity contribution in [3.63, 3.8) is 0 Å². The van der Waals surface area contributed by atoms with Gasteiger partial charge >= 0.3 is 0 Å². The van der Waals surface area contributed by atoms with Crippen molar-refractivity contribution in [1.82, 2.24) is 21.2 Å². The zero-order valence-corrected chi connectivity index (χ0v) is 15.3. The molecule has 3 rings (SSSR count). The van der Waals surface area contributed by atoms with Crippen LogP contribution in [0.1, 0.15) is 57.9 Å². The van der Waals surface area contributed by atoms with E-state index in [1.807, 2.05) is 12.1 Å². The van der Waals surface area contributed by atoms with E-state index >= 15 is 0 Å². The topological polar surface area (TPSA) is 75.3 Å². The van der Waals surface area contributed by atoms with Crippen LogP contribution >= 0.6 is 0 Å². The van der Waals surface area contributed by atoms with Gasteiger partial charge in [0.25, 0.3) is 0 Å². The van der Waals surface area contributed by atoms with Gasteiger partial charge in [0, 0.05) is 24.8 Å². The molecule has 2 fully saturated rings. The Morgan fingerprint density at radius 3 is 2.80 bits per heavy atom. The second kappa shape index (κ2) is 8.63. The summed E-state index contributed by atoms with van der Waals surface area (Å²) >= 11 is 0. The van der Waals surface area contributed by atoms with Crippen molar-refractivity contribution in [2.45, 2.75) is 77.1 Å². The first kappa shape index (κ1) is 18.1. The number of hydrazine groups is 1. The van der Waals surface area contributed by atoms with Crippen LogP contribution in [0.2, 0.25) is 0 Å². The predicted molar refractivity (Wildman–Crippen MR) is 96.9 cm³/mol. The van der Waals surface area contributed by atoms with Crippen molar-refractivity contribution in [1.29, 1.82) is 0 Å². The van der Waals surface area contributed by atoms with E-state index < -0.39 is 0 Å². The lowest BCUT2D eigenvalue weighted by molar-refractivity contribution is -0.123. The van der Waals surface area contributed by atoms with Crippen LogP contribution in [0, 0.1) is 5.92 Å². The molecule has 2 heterocycles. The molecule has 6 nitrogen and oxygen atoms in total. The van der Waals surface area contributed by atoms with Crippen LogP contribution in [0.4, 0.5) is 0 Å². The zero-order chi connectivity index (χ0) is 17.6. The first-order valence-corrected chi connectivity index (χ1v) is 9.50. The molecule has 2 unspecified atom stereocenters. The molecule has 0 bridgehead atoms. The number of ether oxygens (including phenoxy) is 1. The Bertz CT molecular complexity index is 555. The van der Waals surface area contributed by atoms with Gasteiger partial charge in [0.2, 0.25) is 11.8 Å². The fourth-order valence-corrected chi connectivity index (χ4v) is 3.59. The van der Waals surface area contributed by atoms with E-state index in [0.717, 1.165) is 31.2 Å². The summed E-state index contributed by atoms with van der Waals surface area (Å²) in [4.78, 5) is 16.6. The molecule has 3 N–H and O–H groups in total. The third-order valence-electron chi connectivity index (χ3n) is 4.91. The molecule has 6 heteroatoms. The molecule has 2 aliphatic rings. The molecule has 0 spiro atoms. The van der Waals surface area contributed by atoms with Crippen molar-refractivity contribution in [3.8, 4) is 5.88 Å². The fourth-order valence-electron chi connectivity index (χ4n) is 3.59. The molecule has 0 radical (unpaired) electrons. The number of nitrogens with one attached hydrogen (secondary N) is 3. The highest BCUT2D eigenvalue weighted by Crippen LogP contribution is 2.22. The van der Waals surface area contributed by atoms with Crippen molar-refractivity contribution < 1.29 is 9.53 Å². The summed E-state index contributed by atoms with van der Waals surface area (Å²) in [7, 11) is 0. The number of aromatic nitrogens is 1.